The molecular weight excluding hydrogens is 270 g/mol. The van der Waals surface area contributed by atoms with E-state index in [0.717, 1.165) is 0 Å². The van der Waals surface area contributed by atoms with E-state index in [-0.39, 0.29) is 0 Å². The molecule has 0 aliphatic heterocycles. The second-order valence-corrected chi connectivity index (χ2v) is 5.64. The molecule has 0 spiro atoms. The molecule has 0 bridgehead atoms. The molecule has 84 valence electrons. The Bertz CT molecular complexity index is 291. The SMILES string of the molecule is CCCCSC(CN)c1ccccc1Br. The normalized spacial score (nSPS) is 12.7. The summed E-state index contributed by atoms with van der Waals surface area (Å²) in [5.74, 6) is 1.19. The molecule has 1 aromatic carbocycles. The van der Waals surface area contributed by atoms with E-state index in [4.69, 9.17) is 5.73 Å². The van der Waals surface area contributed by atoms with Crippen molar-refractivity contribution in [3.8, 4) is 0 Å². The Balaban J connectivity index is 2.61. The summed E-state index contributed by atoms with van der Waals surface area (Å²) in [6.45, 7) is 2.92. The molecule has 1 rings (SSSR count). The third-order valence-corrected chi connectivity index (χ3v) is 4.38. The fourth-order valence-electron chi connectivity index (χ4n) is 1.39. The Morgan fingerprint density at radius 1 is 1.40 bits per heavy atom. The van der Waals surface area contributed by atoms with Crippen LogP contribution in [0.2, 0.25) is 0 Å². The lowest BCUT2D eigenvalue weighted by atomic mass is 10.1. The Morgan fingerprint density at radius 3 is 2.73 bits per heavy atom. The van der Waals surface area contributed by atoms with Gasteiger partial charge in [0.25, 0.3) is 0 Å². The molecule has 0 saturated carbocycles. The zero-order valence-corrected chi connectivity index (χ0v) is 11.5. The van der Waals surface area contributed by atoms with Gasteiger partial charge in [0.15, 0.2) is 0 Å². The standard InChI is InChI=1S/C12H18BrNS/c1-2-3-8-15-12(9-14)10-6-4-5-7-11(10)13/h4-7,12H,2-3,8-9,14H2,1H3. The van der Waals surface area contributed by atoms with E-state index in [1.54, 1.807) is 0 Å². The lowest BCUT2D eigenvalue weighted by Crippen LogP contribution is -2.10. The second kappa shape index (κ2) is 7.31. The zero-order valence-electron chi connectivity index (χ0n) is 9.08. The molecule has 0 radical (unpaired) electrons. The van der Waals surface area contributed by atoms with Crippen molar-refractivity contribution in [3.05, 3.63) is 34.3 Å². The van der Waals surface area contributed by atoms with Crippen molar-refractivity contribution in [2.75, 3.05) is 12.3 Å². The molecule has 0 amide bonds. The predicted octanol–water partition coefficient (Wildman–Crippen LogP) is 3.98. The number of hydrogen-bond donors (Lipinski definition) is 1. The summed E-state index contributed by atoms with van der Waals surface area (Å²) in [6.07, 6.45) is 2.52. The summed E-state index contributed by atoms with van der Waals surface area (Å²) < 4.78 is 1.17. The molecule has 0 fully saturated rings. The lowest BCUT2D eigenvalue weighted by Gasteiger charge is -2.16. The van der Waals surface area contributed by atoms with E-state index in [0.29, 0.717) is 11.8 Å². The van der Waals surface area contributed by atoms with Crippen LogP contribution in [0, 0.1) is 0 Å². The van der Waals surface area contributed by atoms with Crippen LogP contribution >= 0.6 is 27.7 Å². The number of rotatable bonds is 6. The molecule has 15 heavy (non-hydrogen) atoms. The molecular formula is C12H18BrNS. The number of nitrogens with two attached hydrogens (primary N) is 1. The number of benzene rings is 1. The van der Waals surface area contributed by atoms with E-state index in [9.17, 15) is 0 Å². The van der Waals surface area contributed by atoms with Crippen LogP contribution in [-0.4, -0.2) is 12.3 Å². The summed E-state index contributed by atoms with van der Waals surface area (Å²) in [4.78, 5) is 0. The highest BCUT2D eigenvalue weighted by atomic mass is 79.9. The second-order valence-electron chi connectivity index (χ2n) is 3.47. The molecule has 3 heteroatoms. The molecule has 1 unspecified atom stereocenters. The minimum atomic E-state index is 0.423. The Hall–Kier alpha value is 0.01000. The highest BCUT2D eigenvalue weighted by Gasteiger charge is 2.12. The maximum atomic E-state index is 5.81. The molecule has 0 aromatic heterocycles. The quantitative estimate of drug-likeness (QED) is 0.801. The maximum Gasteiger partial charge on any atom is 0.0430 e. The Labute approximate surface area is 105 Å². The topological polar surface area (TPSA) is 26.0 Å². The van der Waals surface area contributed by atoms with Crippen LogP contribution in [0.25, 0.3) is 0 Å². The molecule has 1 atom stereocenters. The van der Waals surface area contributed by atoms with Crippen molar-refractivity contribution in [3.63, 3.8) is 0 Å². The molecule has 0 heterocycles. The first-order valence-corrected chi connectivity index (χ1v) is 7.19. The first-order valence-electron chi connectivity index (χ1n) is 5.35. The van der Waals surface area contributed by atoms with Crippen LogP contribution in [0.3, 0.4) is 0 Å². The van der Waals surface area contributed by atoms with Gasteiger partial charge in [0.05, 0.1) is 0 Å². The molecule has 0 saturated heterocycles. The molecule has 0 aliphatic rings. The van der Waals surface area contributed by atoms with Gasteiger partial charge in [-0.1, -0.05) is 47.5 Å². The van der Waals surface area contributed by atoms with E-state index in [2.05, 4.69) is 41.1 Å². The highest BCUT2D eigenvalue weighted by molar-refractivity contribution is 9.10. The van der Waals surface area contributed by atoms with Gasteiger partial charge in [0, 0.05) is 16.3 Å². The first kappa shape index (κ1) is 13.1. The van der Waals surface area contributed by atoms with Crippen molar-refractivity contribution in [1.29, 1.82) is 0 Å². The van der Waals surface area contributed by atoms with E-state index >= 15 is 0 Å². The van der Waals surface area contributed by atoms with Gasteiger partial charge in [0.1, 0.15) is 0 Å². The van der Waals surface area contributed by atoms with Gasteiger partial charge in [-0.15, -0.1) is 0 Å². The van der Waals surface area contributed by atoms with Crippen molar-refractivity contribution < 1.29 is 0 Å². The number of hydrogen-bond acceptors (Lipinski definition) is 2. The minimum Gasteiger partial charge on any atom is -0.329 e. The largest absolute Gasteiger partial charge is 0.329 e. The van der Waals surface area contributed by atoms with Gasteiger partial charge < -0.3 is 5.73 Å². The van der Waals surface area contributed by atoms with Crippen molar-refractivity contribution in [1.82, 2.24) is 0 Å². The summed E-state index contributed by atoms with van der Waals surface area (Å²) in [5, 5.41) is 0.423. The first-order chi connectivity index (χ1) is 7.29. The van der Waals surface area contributed by atoms with Gasteiger partial charge in [-0.2, -0.15) is 11.8 Å². The lowest BCUT2D eigenvalue weighted by molar-refractivity contribution is 0.881. The maximum absolute atomic E-state index is 5.81. The van der Waals surface area contributed by atoms with Crippen LogP contribution in [-0.2, 0) is 0 Å². The van der Waals surface area contributed by atoms with Gasteiger partial charge >= 0.3 is 0 Å². The van der Waals surface area contributed by atoms with Crippen molar-refractivity contribution in [2.24, 2.45) is 5.73 Å². The fourth-order valence-corrected chi connectivity index (χ4v) is 3.36. The number of halogens is 1. The van der Waals surface area contributed by atoms with Crippen LogP contribution < -0.4 is 5.73 Å². The van der Waals surface area contributed by atoms with E-state index in [1.807, 2.05) is 17.8 Å². The average molecular weight is 288 g/mol. The molecule has 0 aliphatic carbocycles. The monoisotopic (exact) mass is 287 g/mol. The van der Waals surface area contributed by atoms with Gasteiger partial charge in [-0.3, -0.25) is 0 Å². The van der Waals surface area contributed by atoms with Crippen molar-refractivity contribution in [2.45, 2.75) is 25.0 Å². The molecule has 1 aromatic rings. The minimum absolute atomic E-state index is 0.423. The Kier molecular flexibility index (Phi) is 6.37. The predicted molar refractivity (Wildman–Crippen MR) is 73.3 cm³/mol. The average Bonchev–Trinajstić information content (AvgIpc) is 2.26. The van der Waals surface area contributed by atoms with E-state index in [1.165, 1.54) is 28.6 Å². The third-order valence-electron chi connectivity index (χ3n) is 2.28. The Morgan fingerprint density at radius 2 is 2.13 bits per heavy atom. The van der Waals surface area contributed by atoms with E-state index < -0.39 is 0 Å². The summed E-state index contributed by atoms with van der Waals surface area (Å²) in [6, 6.07) is 8.35. The number of thioether (sulfide) groups is 1. The molecule has 2 N–H and O–H groups in total. The third kappa shape index (κ3) is 4.17. The molecule has 1 nitrogen and oxygen atoms in total. The zero-order chi connectivity index (χ0) is 11.1. The summed E-state index contributed by atoms with van der Waals surface area (Å²) in [7, 11) is 0. The highest BCUT2D eigenvalue weighted by Crippen LogP contribution is 2.33. The van der Waals surface area contributed by atoms with Crippen LogP contribution in [0.1, 0.15) is 30.6 Å². The van der Waals surface area contributed by atoms with Crippen molar-refractivity contribution >= 4 is 27.7 Å². The van der Waals surface area contributed by atoms with Gasteiger partial charge in [-0.05, 0) is 23.8 Å². The van der Waals surface area contributed by atoms with Crippen LogP contribution in [0.5, 0.6) is 0 Å². The van der Waals surface area contributed by atoms with Crippen LogP contribution in [0.4, 0.5) is 0 Å². The fraction of sp³-hybridized carbons (Fsp3) is 0.500. The van der Waals surface area contributed by atoms with Crippen LogP contribution in [0.15, 0.2) is 28.7 Å². The summed E-state index contributed by atoms with van der Waals surface area (Å²) >= 11 is 5.54. The smallest absolute Gasteiger partial charge is 0.0430 e. The van der Waals surface area contributed by atoms with Gasteiger partial charge in [0.2, 0.25) is 0 Å². The number of unbranched alkanes of at least 4 members (excludes halogenated alkanes) is 1. The van der Waals surface area contributed by atoms with Gasteiger partial charge in [-0.25, -0.2) is 0 Å². The summed E-state index contributed by atoms with van der Waals surface area (Å²) in [5.41, 5.74) is 7.13.